The van der Waals surface area contributed by atoms with Gasteiger partial charge in [0.2, 0.25) is 5.91 Å². The molecule has 3 rings (SSSR count). The second kappa shape index (κ2) is 6.26. The molecular weight excluding hydrogens is 278 g/mol. The van der Waals surface area contributed by atoms with Gasteiger partial charge >= 0.3 is 0 Å². The maximum absolute atomic E-state index is 12.1. The number of allylic oxidation sites excluding steroid dienone is 2. The Morgan fingerprint density at radius 2 is 2.36 bits per heavy atom. The van der Waals surface area contributed by atoms with Crippen molar-refractivity contribution in [1.29, 1.82) is 0 Å². The van der Waals surface area contributed by atoms with Gasteiger partial charge in [-0.3, -0.25) is 4.79 Å². The van der Waals surface area contributed by atoms with Gasteiger partial charge in [0.25, 0.3) is 0 Å². The molecular formula is C18H21NO3. The molecule has 1 amide bonds. The van der Waals surface area contributed by atoms with Crippen LogP contribution in [0.3, 0.4) is 0 Å². The Balaban J connectivity index is 1.70. The van der Waals surface area contributed by atoms with Crippen LogP contribution in [0.5, 0.6) is 5.75 Å². The summed E-state index contributed by atoms with van der Waals surface area (Å²) in [6, 6.07) is 7.57. The number of furan rings is 1. The van der Waals surface area contributed by atoms with Crippen molar-refractivity contribution in [1.82, 2.24) is 5.32 Å². The average molecular weight is 299 g/mol. The fourth-order valence-corrected chi connectivity index (χ4v) is 2.91. The fraction of sp³-hybridized carbons (Fsp3) is 0.389. The Bertz CT molecular complexity index is 701. The first kappa shape index (κ1) is 14.7. The molecule has 116 valence electrons. The van der Waals surface area contributed by atoms with Crippen LogP contribution in [0.25, 0.3) is 11.0 Å². The molecule has 1 aromatic carbocycles. The van der Waals surface area contributed by atoms with Crippen LogP contribution < -0.4 is 10.1 Å². The van der Waals surface area contributed by atoms with E-state index in [1.54, 1.807) is 7.11 Å². The number of benzene rings is 1. The molecule has 4 nitrogen and oxygen atoms in total. The minimum absolute atomic E-state index is 0.0662. The van der Waals surface area contributed by atoms with Gasteiger partial charge < -0.3 is 14.5 Å². The van der Waals surface area contributed by atoms with Crippen LogP contribution in [0.4, 0.5) is 0 Å². The van der Waals surface area contributed by atoms with Gasteiger partial charge in [0.1, 0.15) is 5.76 Å². The summed E-state index contributed by atoms with van der Waals surface area (Å²) in [6.07, 6.45) is 6.98. The van der Waals surface area contributed by atoms with Gasteiger partial charge in [-0.05, 0) is 37.8 Å². The first-order valence-corrected chi connectivity index (χ1v) is 7.70. The van der Waals surface area contributed by atoms with Crippen LogP contribution in [0, 0.1) is 5.92 Å². The number of ether oxygens (including phenoxy) is 1. The molecule has 1 aromatic heterocycles. The van der Waals surface area contributed by atoms with Crippen LogP contribution in [-0.2, 0) is 4.79 Å². The normalized spacial score (nSPS) is 18.5. The number of hydrogen-bond donors (Lipinski definition) is 1. The van der Waals surface area contributed by atoms with E-state index in [-0.39, 0.29) is 11.9 Å². The summed E-state index contributed by atoms with van der Waals surface area (Å²) in [5, 5.41) is 3.99. The largest absolute Gasteiger partial charge is 0.493 e. The number of fused-ring (bicyclic) bond motifs is 1. The lowest BCUT2D eigenvalue weighted by Crippen LogP contribution is -2.27. The van der Waals surface area contributed by atoms with Crippen molar-refractivity contribution in [3.8, 4) is 5.75 Å². The maximum atomic E-state index is 12.1. The van der Waals surface area contributed by atoms with Crippen LogP contribution >= 0.6 is 0 Å². The Morgan fingerprint density at radius 3 is 3.09 bits per heavy atom. The molecule has 22 heavy (non-hydrogen) atoms. The van der Waals surface area contributed by atoms with Crippen molar-refractivity contribution in [2.75, 3.05) is 7.11 Å². The van der Waals surface area contributed by atoms with Gasteiger partial charge in [-0.2, -0.15) is 0 Å². The molecule has 2 aromatic rings. The molecule has 1 N–H and O–H groups in total. The lowest BCUT2D eigenvalue weighted by molar-refractivity contribution is -0.122. The van der Waals surface area contributed by atoms with Gasteiger partial charge in [-0.25, -0.2) is 0 Å². The highest BCUT2D eigenvalue weighted by molar-refractivity contribution is 5.84. The van der Waals surface area contributed by atoms with E-state index in [0.717, 1.165) is 29.6 Å². The smallest absolute Gasteiger partial charge is 0.221 e. The first-order chi connectivity index (χ1) is 10.7. The van der Waals surface area contributed by atoms with Crippen molar-refractivity contribution in [2.45, 2.75) is 32.2 Å². The van der Waals surface area contributed by atoms with E-state index in [4.69, 9.17) is 9.15 Å². The highest BCUT2D eigenvalue weighted by atomic mass is 16.5. The number of hydrogen-bond acceptors (Lipinski definition) is 3. The molecule has 0 spiro atoms. The van der Waals surface area contributed by atoms with Gasteiger partial charge in [-0.15, -0.1) is 0 Å². The lowest BCUT2D eigenvalue weighted by atomic mass is 10.0. The predicted molar refractivity (Wildman–Crippen MR) is 85.8 cm³/mol. The van der Waals surface area contributed by atoms with Crippen molar-refractivity contribution < 1.29 is 13.9 Å². The summed E-state index contributed by atoms with van der Waals surface area (Å²) < 4.78 is 11.2. The van der Waals surface area contributed by atoms with Gasteiger partial charge in [-0.1, -0.05) is 24.3 Å². The van der Waals surface area contributed by atoms with Gasteiger partial charge in [0.05, 0.1) is 13.2 Å². The zero-order valence-electron chi connectivity index (χ0n) is 13.0. The number of carbonyl (C=O) groups is 1. The van der Waals surface area contributed by atoms with Crippen molar-refractivity contribution in [3.63, 3.8) is 0 Å². The van der Waals surface area contributed by atoms with E-state index in [2.05, 4.69) is 17.5 Å². The monoisotopic (exact) mass is 299 g/mol. The molecule has 0 radical (unpaired) electrons. The third-order valence-corrected chi connectivity index (χ3v) is 4.11. The van der Waals surface area contributed by atoms with Gasteiger partial charge in [0.15, 0.2) is 11.3 Å². The summed E-state index contributed by atoms with van der Waals surface area (Å²) in [4.78, 5) is 12.1. The number of para-hydroxylation sites is 1. The molecule has 2 atom stereocenters. The quantitative estimate of drug-likeness (QED) is 0.850. The van der Waals surface area contributed by atoms with Crippen molar-refractivity contribution in [2.24, 2.45) is 5.92 Å². The van der Waals surface area contributed by atoms with Gasteiger partial charge in [0, 0.05) is 11.8 Å². The fourth-order valence-electron chi connectivity index (χ4n) is 2.91. The number of rotatable bonds is 5. The van der Waals surface area contributed by atoms with Crippen molar-refractivity contribution in [3.05, 3.63) is 42.2 Å². The summed E-state index contributed by atoms with van der Waals surface area (Å²) in [5.74, 6) is 1.90. The Labute approximate surface area is 130 Å². The summed E-state index contributed by atoms with van der Waals surface area (Å²) in [7, 11) is 1.62. The third kappa shape index (κ3) is 3.01. The molecule has 1 aliphatic rings. The standard InChI is InChI=1S/C18H21NO3/c1-12(19-17(20)10-13-6-3-4-7-13)16-11-14-8-5-9-15(21-2)18(14)22-16/h3,5-6,8-9,11-13H,4,7,10H2,1-2H3,(H,19,20)/t12-,13+/m0/s1. The SMILES string of the molecule is COc1cccc2cc([C@H](C)NC(=O)C[C@@H]3C=CCC3)oc12. The van der Waals surface area contributed by atoms with E-state index >= 15 is 0 Å². The molecule has 1 heterocycles. The molecule has 0 saturated carbocycles. The number of methoxy groups -OCH3 is 1. The maximum Gasteiger partial charge on any atom is 0.221 e. The van der Waals surface area contributed by atoms with Crippen molar-refractivity contribution >= 4 is 16.9 Å². The Morgan fingerprint density at radius 1 is 1.50 bits per heavy atom. The van der Waals surface area contributed by atoms with Crippen LogP contribution in [-0.4, -0.2) is 13.0 Å². The molecule has 0 unspecified atom stereocenters. The van der Waals surface area contributed by atoms with Crippen LogP contribution in [0.2, 0.25) is 0 Å². The van der Waals surface area contributed by atoms with E-state index in [9.17, 15) is 4.79 Å². The summed E-state index contributed by atoms with van der Waals surface area (Å²) in [6.45, 7) is 1.94. The molecule has 4 heteroatoms. The van der Waals surface area contributed by atoms with E-state index in [1.807, 2.05) is 31.2 Å². The van der Waals surface area contributed by atoms with E-state index in [1.165, 1.54) is 0 Å². The van der Waals surface area contributed by atoms with E-state index in [0.29, 0.717) is 18.1 Å². The first-order valence-electron chi connectivity index (χ1n) is 7.70. The number of amides is 1. The zero-order chi connectivity index (χ0) is 15.5. The third-order valence-electron chi connectivity index (χ3n) is 4.11. The minimum Gasteiger partial charge on any atom is -0.493 e. The molecule has 0 bridgehead atoms. The molecule has 0 fully saturated rings. The predicted octanol–water partition coefficient (Wildman–Crippen LogP) is 3.97. The zero-order valence-corrected chi connectivity index (χ0v) is 13.0. The summed E-state index contributed by atoms with van der Waals surface area (Å²) in [5.41, 5.74) is 0.722. The van der Waals surface area contributed by atoms with Crippen LogP contribution in [0.1, 0.15) is 38.0 Å². The van der Waals surface area contributed by atoms with E-state index < -0.39 is 0 Å². The molecule has 0 aliphatic heterocycles. The Hall–Kier alpha value is -2.23. The topological polar surface area (TPSA) is 51.5 Å². The highest BCUT2D eigenvalue weighted by Gasteiger charge is 2.18. The number of nitrogens with one attached hydrogen (secondary N) is 1. The van der Waals surface area contributed by atoms with Crippen LogP contribution in [0.15, 0.2) is 40.8 Å². The number of carbonyl (C=O) groups excluding carboxylic acids is 1. The Kier molecular flexibility index (Phi) is 4.18. The molecule has 0 saturated heterocycles. The highest BCUT2D eigenvalue weighted by Crippen LogP contribution is 2.31. The average Bonchev–Trinajstić information content (AvgIpc) is 3.15. The second-order valence-electron chi connectivity index (χ2n) is 5.79. The second-order valence-corrected chi connectivity index (χ2v) is 5.79. The molecule has 1 aliphatic carbocycles. The lowest BCUT2D eigenvalue weighted by Gasteiger charge is -2.13. The summed E-state index contributed by atoms with van der Waals surface area (Å²) >= 11 is 0. The minimum atomic E-state index is -0.157.